The molecule has 1 saturated heterocycles. The van der Waals surface area contributed by atoms with E-state index in [1.54, 1.807) is 0 Å². The first-order valence-electron chi connectivity index (χ1n) is 5.25. The summed E-state index contributed by atoms with van der Waals surface area (Å²) in [4.78, 5) is 11.5. The largest absolute Gasteiger partial charge is 0.354 e. The second kappa shape index (κ2) is 5.22. The Bertz CT molecular complexity index is 164. The van der Waals surface area contributed by atoms with E-state index in [9.17, 15) is 4.79 Å². The van der Waals surface area contributed by atoms with Crippen molar-refractivity contribution in [3.05, 3.63) is 0 Å². The van der Waals surface area contributed by atoms with Crippen LogP contribution in [0.5, 0.6) is 0 Å². The van der Waals surface area contributed by atoms with Crippen molar-refractivity contribution in [1.82, 2.24) is 10.6 Å². The summed E-state index contributed by atoms with van der Waals surface area (Å²) in [7, 11) is 0. The summed E-state index contributed by atoms with van der Waals surface area (Å²) in [5.74, 6) is 0.767. The molecule has 0 aliphatic carbocycles. The maximum absolute atomic E-state index is 11.5. The molecule has 2 N–H and O–H groups in total. The van der Waals surface area contributed by atoms with Crippen LogP contribution in [-0.4, -0.2) is 25.0 Å². The van der Waals surface area contributed by atoms with Crippen molar-refractivity contribution in [2.45, 2.75) is 39.2 Å². The van der Waals surface area contributed by atoms with Gasteiger partial charge in [0.2, 0.25) is 5.91 Å². The van der Waals surface area contributed by atoms with Gasteiger partial charge in [-0.05, 0) is 25.3 Å². The van der Waals surface area contributed by atoms with Gasteiger partial charge >= 0.3 is 0 Å². The summed E-state index contributed by atoms with van der Waals surface area (Å²) < 4.78 is 0. The van der Waals surface area contributed by atoms with E-state index in [1.807, 2.05) is 0 Å². The molecule has 0 aromatic rings. The highest BCUT2D eigenvalue weighted by atomic mass is 16.2. The van der Waals surface area contributed by atoms with Gasteiger partial charge < -0.3 is 10.6 Å². The summed E-state index contributed by atoms with van der Waals surface area (Å²) >= 11 is 0. The summed E-state index contributed by atoms with van der Waals surface area (Å²) in [6, 6.07) is 0.0732. The Kier molecular flexibility index (Phi) is 4.22. The van der Waals surface area contributed by atoms with Crippen molar-refractivity contribution in [2.75, 3.05) is 13.1 Å². The zero-order chi connectivity index (χ0) is 9.68. The lowest BCUT2D eigenvalue weighted by Gasteiger charge is -2.13. The fourth-order valence-corrected chi connectivity index (χ4v) is 1.45. The number of rotatable bonds is 4. The molecule has 2 unspecified atom stereocenters. The number of carbonyl (C=O) groups excluding carboxylic acids is 1. The average molecular weight is 184 g/mol. The van der Waals surface area contributed by atoms with Gasteiger partial charge in [0.05, 0.1) is 6.04 Å². The molecule has 3 nitrogen and oxygen atoms in total. The van der Waals surface area contributed by atoms with Crippen molar-refractivity contribution in [1.29, 1.82) is 0 Å². The third-order valence-corrected chi connectivity index (χ3v) is 2.70. The first kappa shape index (κ1) is 10.5. The SMILES string of the molecule is CCC(C)CNC(=O)C1CCCN1. The Morgan fingerprint density at radius 1 is 1.69 bits per heavy atom. The lowest BCUT2D eigenvalue weighted by molar-refractivity contribution is -0.122. The minimum Gasteiger partial charge on any atom is -0.354 e. The summed E-state index contributed by atoms with van der Waals surface area (Å²) in [6.07, 6.45) is 3.24. The molecular formula is C10H20N2O. The highest BCUT2D eigenvalue weighted by Gasteiger charge is 2.21. The van der Waals surface area contributed by atoms with E-state index in [4.69, 9.17) is 0 Å². The van der Waals surface area contributed by atoms with Gasteiger partial charge in [0.25, 0.3) is 0 Å². The fraction of sp³-hybridized carbons (Fsp3) is 0.900. The second-order valence-corrected chi connectivity index (χ2v) is 3.91. The molecule has 3 heteroatoms. The molecule has 76 valence electrons. The molecule has 0 bridgehead atoms. The molecule has 1 amide bonds. The zero-order valence-electron chi connectivity index (χ0n) is 8.60. The summed E-state index contributed by atoms with van der Waals surface area (Å²) in [6.45, 7) is 6.10. The molecule has 13 heavy (non-hydrogen) atoms. The average Bonchev–Trinajstić information content (AvgIpc) is 2.66. The Morgan fingerprint density at radius 2 is 2.46 bits per heavy atom. The Balaban J connectivity index is 2.16. The van der Waals surface area contributed by atoms with Crippen LogP contribution in [-0.2, 0) is 4.79 Å². The van der Waals surface area contributed by atoms with Gasteiger partial charge in [-0.1, -0.05) is 20.3 Å². The molecule has 1 rings (SSSR count). The molecular weight excluding hydrogens is 164 g/mol. The van der Waals surface area contributed by atoms with Crippen LogP contribution in [0.25, 0.3) is 0 Å². The smallest absolute Gasteiger partial charge is 0.237 e. The van der Waals surface area contributed by atoms with E-state index in [-0.39, 0.29) is 11.9 Å². The topological polar surface area (TPSA) is 41.1 Å². The molecule has 1 fully saturated rings. The molecule has 0 aromatic carbocycles. The minimum absolute atomic E-state index is 0.0732. The van der Waals surface area contributed by atoms with Crippen LogP contribution in [0.4, 0.5) is 0 Å². The van der Waals surface area contributed by atoms with Gasteiger partial charge in [0.15, 0.2) is 0 Å². The standard InChI is InChI=1S/C10H20N2O/c1-3-8(2)7-12-10(13)9-5-4-6-11-9/h8-9,11H,3-7H2,1-2H3,(H,12,13). The number of hydrogen-bond donors (Lipinski definition) is 2. The van der Waals surface area contributed by atoms with Crippen LogP contribution in [0.1, 0.15) is 33.1 Å². The van der Waals surface area contributed by atoms with Crippen molar-refractivity contribution in [3.8, 4) is 0 Å². The normalized spacial score (nSPS) is 24.3. The van der Waals surface area contributed by atoms with Crippen LogP contribution in [0.3, 0.4) is 0 Å². The molecule has 0 aromatic heterocycles. The maximum atomic E-state index is 11.5. The summed E-state index contributed by atoms with van der Waals surface area (Å²) in [5, 5.41) is 6.16. The van der Waals surface area contributed by atoms with E-state index in [0.29, 0.717) is 5.92 Å². The van der Waals surface area contributed by atoms with Crippen LogP contribution in [0, 0.1) is 5.92 Å². The summed E-state index contributed by atoms with van der Waals surface area (Å²) in [5.41, 5.74) is 0. The van der Waals surface area contributed by atoms with Crippen molar-refractivity contribution >= 4 is 5.91 Å². The van der Waals surface area contributed by atoms with E-state index >= 15 is 0 Å². The third kappa shape index (κ3) is 3.35. The van der Waals surface area contributed by atoms with E-state index in [0.717, 1.165) is 32.4 Å². The van der Waals surface area contributed by atoms with Crippen LogP contribution in [0.15, 0.2) is 0 Å². The third-order valence-electron chi connectivity index (χ3n) is 2.70. The lowest BCUT2D eigenvalue weighted by Crippen LogP contribution is -2.41. The molecule has 0 spiro atoms. The second-order valence-electron chi connectivity index (χ2n) is 3.91. The number of amides is 1. The molecule has 0 saturated carbocycles. The van der Waals surface area contributed by atoms with Crippen molar-refractivity contribution in [3.63, 3.8) is 0 Å². The first-order chi connectivity index (χ1) is 6.24. The molecule has 1 heterocycles. The predicted molar refractivity (Wildman–Crippen MR) is 53.5 cm³/mol. The van der Waals surface area contributed by atoms with E-state index < -0.39 is 0 Å². The number of carbonyl (C=O) groups is 1. The number of nitrogens with one attached hydrogen (secondary N) is 2. The molecule has 1 aliphatic rings. The molecule has 2 atom stereocenters. The monoisotopic (exact) mass is 184 g/mol. The zero-order valence-corrected chi connectivity index (χ0v) is 8.60. The predicted octanol–water partition coefficient (Wildman–Crippen LogP) is 0.901. The van der Waals surface area contributed by atoms with Crippen LogP contribution >= 0.6 is 0 Å². The highest BCUT2D eigenvalue weighted by Crippen LogP contribution is 2.05. The quantitative estimate of drug-likeness (QED) is 0.681. The van der Waals surface area contributed by atoms with E-state index in [1.165, 1.54) is 0 Å². The van der Waals surface area contributed by atoms with E-state index in [2.05, 4.69) is 24.5 Å². The lowest BCUT2D eigenvalue weighted by atomic mass is 10.1. The van der Waals surface area contributed by atoms with Crippen LogP contribution in [0.2, 0.25) is 0 Å². The Hall–Kier alpha value is -0.570. The van der Waals surface area contributed by atoms with Crippen LogP contribution < -0.4 is 10.6 Å². The minimum atomic E-state index is 0.0732. The van der Waals surface area contributed by atoms with Crippen molar-refractivity contribution in [2.24, 2.45) is 5.92 Å². The van der Waals surface area contributed by atoms with Gasteiger partial charge in [-0.15, -0.1) is 0 Å². The van der Waals surface area contributed by atoms with Gasteiger partial charge in [0.1, 0.15) is 0 Å². The van der Waals surface area contributed by atoms with Gasteiger partial charge in [-0.25, -0.2) is 0 Å². The maximum Gasteiger partial charge on any atom is 0.237 e. The Morgan fingerprint density at radius 3 is 3.00 bits per heavy atom. The van der Waals surface area contributed by atoms with Gasteiger partial charge in [-0.2, -0.15) is 0 Å². The fourth-order valence-electron chi connectivity index (χ4n) is 1.45. The first-order valence-corrected chi connectivity index (χ1v) is 5.25. The van der Waals surface area contributed by atoms with Crippen molar-refractivity contribution < 1.29 is 4.79 Å². The number of hydrogen-bond acceptors (Lipinski definition) is 2. The molecule has 1 aliphatic heterocycles. The molecule has 0 radical (unpaired) electrons. The van der Waals surface area contributed by atoms with Gasteiger partial charge in [-0.3, -0.25) is 4.79 Å². The highest BCUT2D eigenvalue weighted by molar-refractivity contribution is 5.81. The van der Waals surface area contributed by atoms with Gasteiger partial charge in [0, 0.05) is 6.54 Å². The Labute approximate surface area is 80.3 Å².